The van der Waals surface area contributed by atoms with Crippen LogP contribution in [0.3, 0.4) is 0 Å². The molecule has 0 amide bonds. The molecule has 0 fully saturated rings. The van der Waals surface area contributed by atoms with Crippen LogP contribution in [0.15, 0.2) is 24.8 Å². The lowest BCUT2D eigenvalue weighted by atomic mass is 10.7. The molecule has 0 atom stereocenters. The van der Waals surface area contributed by atoms with E-state index in [1.807, 2.05) is 6.92 Å². The van der Waals surface area contributed by atoms with Gasteiger partial charge in [0.05, 0.1) is 0 Å². The molecule has 2 aromatic heterocycles. The van der Waals surface area contributed by atoms with Gasteiger partial charge in [-0.3, -0.25) is 0 Å². The molecule has 0 saturated heterocycles. The van der Waals surface area contributed by atoms with Crippen molar-refractivity contribution in [1.82, 2.24) is 24.7 Å². The van der Waals surface area contributed by atoms with Crippen molar-refractivity contribution in [2.45, 2.75) is 6.92 Å². The summed E-state index contributed by atoms with van der Waals surface area (Å²) >= 11 is 0. The summed E-state index contributed by atoms with van der Waals surface area (Å²) in [5, 5.41) is 7.09. The van der Waals surface area contributed by atoms with Crippen LogP contribution in [-0.2, 0) is 0 Å². The summed E-state index contributed by atoms with van der Waals surface area (Å²) in [5.74, 6) is 1.17. The molecular formula is C8H10N6. The maximum Gasteiger partial charge on any atom is 0.253 e. The zero-order valence-electron chi connectivity index (χ0n) is 7.75. The number of nitrogens with zero attached hydrogens (tertiary/aromatic N) is 5. The molecule has 2 aromatic rings. The zero-order valence-corrected chi connectivity index (χ0v) is 7.75. The molecule has 0 unspecified atom stereocenters. The van der Waals surface area contributed by atoms with Gasteiger partial charge in [0, 0.05) is 18.9 Å². The van der Waals surface area contributed by atoms with Crippen LogP contribution in [0.5, 0.6) is 0 Å². The maximum atomic E-state index is 4.07. The Morgan fingerprint density at radius 2 is 2.07 bits per heavy atom. The fourth-order valence-electron chi connectivity index (χ4n) is 1.07. The standard InChI is InChI=1S/C8H10N6/c1-2-9-7-12-6-13-14(7)8-10-4-3-5-11-8/h3-6H,2H2,1H3,(H,9,12,13). The molecule has 0 aliphatic heterocycles. The number of aromatic nitrogens is 5. The topological polar surface area (TPSA) is 68.5 Å². The fraction of sp³-hybridized carbons (Fsp3) is 0.250. The quantitative estimate of drug-likeness (QED) is 0.762. The lowest BCUT2D eigenvalue weighted by molar-refractivity contribution is 0.808. The summed E-state index contributed by atoms with van der Waals surface area (Å²) in [5.41, 5.74) is 0. The largest absolute Gasteiger partial charge is 0.354 e. The molecule has 72 valence electrons. The van der Waals surface area contributed by atoms with Crippen molar-refractivity contribution in [3.63, 3.8) is 0 Å². The first-order valence-corrected chi connectivity index (χ1v) is 4.33. The summed E-state index contributed by atoms with van der Waals surface area (Å²) in [4.78, 5) is 12.2. The molecule has 2 heterocycles. The molecule has 6 heteroatoms. The molecule has 0 aliphatic rings. The van der Waals surface area contributed by atoms with E-state index in [-0.39, 0.29) is 0 Å². The monoisotopic (exact) mass is 190 g/mol. The SMILES string of the molecule is CCNc1ncnn1-c1ncccn1. The van der Waals surface area contributed by atoms with Gasteiger partial charge in [0.15, 0.2) is 0 Å². The Morgan fingerprint density at radius 1 is 1.29 bits per heavy atom. The minimum Gasteiger partial charge on any atom is -0.354 e. The van der Waals surface area contributed by atoms with Crippen LogP contribution < -0.4 is 5.32 Å². The number of nitrogens with one attached hydrogen (secondary N) is 1. The molecule has 1 N–H and O–H groups in total. The zero-order chi connectivity index (χ0) is 9.80. The van der Waals surface area contributed by atoms with Gasteiger partial charge in [-0.2, -0.15) is 14.8 Å². The normalized spacial score (nSPS) is 10.1. The van der Waals surface area contributed by atoms with Crippen molar-refractivity contribution in [2.24, 2.45) is 0 Å². The second-order valence-corrected chi connectivity index (χ2v) is 2.57. The first-order chi connectivity index (χ1) is 6.92. The van der Waals surface area contributed by atoms with Crippen LogP contribution in [0.2, 0.25) is 0 Å². The maximum absolute atomic E-state index is 4.07. The van der Waals surface area contributed by atoms with Crippen molar-refractivity contribution < 1.29 is 0 Å². The second kappa shape index (κ2) is 3.82. The number of rotatable bonds is 3. The van der Waals surface area contributed by atoms with E-state index < -0.39 is 0 Å². The van der Waals surface area contributed by atoms with Gasteiger partial charge in [-0.15, -0.1) is 0 Å². The van der Waals surface area contributed by atoms with E-state index in [9.17, 15) is 0 Å². The van der Waals surface area contributed by atoms with Crippen LogP contribution in [0.1, 0.15) is 6.92 Å². The highest BCUT2D eigenvalue weighted by Crippen LogP contribution is 2.05. The average molecular weight is 190 g/mol. The Morgan fingerprint density at radius 3 is 2.79 bits per heavy atom. The van der Waals surface area contributed by atoms with Gasteiger partial charge in [0.25, 0.3) is 5.95 Å². The Hall–Kier alpha value is -1.98. The molecule has 0 aliphatic carbocycles. The highest BCUT2D eigenvalue weighted by molar-refractivity contribution is 5.29. The molecular weight excluding hydrogens is 180 g/mol. The predicted octanol–water partition coefficient (Wildman–Crippen LogP) is 0.489. The van der Waals surface area contributed by atoms with Crippen LogP contribution in [-0.4, -0.2) is 31.3 Å². The van der Waals surface area contributed by atoms with E-state index in [0.717, 1.165) is 6.54 Å². The highest BCUT2D eigenvalue weighted by atomic mass is 15.4. The highest BCUT2D eigenvalue weighted by Gasteiger charge is 2.06. The third-order valence-corrected chi connectivity index (χ3v) is 1.62. The van der Waals surface area contributed by atoms with Crippen LogP contribution in [0, 0.1) is 0 Å². The smallest absolute Gasteiger partial charge is 0.253 e. The number of hydrogen-bond donors (Lipinski definition) is 1. The van der Waals surface area contributed by atoms with Crippen molar-refractivity contribution in [3.8, 4) is 5.95 Å². The predicted molar refractivity (Wildman–Crippen MR) is 51.1 cm³/mol. The number of anilines is 1. The third kappa shape index (κ3) is 1.54. The molecule has 0 saturated carbocycles. The summed E-state index contributed by atoms with van der Waals surface area (Å²) in [7, 11) is 0. The van der Waals surface area contributed by atoms with E-state index in [4.69, 9.17) is 0 Å². The molecule has 0 bridgehead atoms. The van der Waals surface area contributed by atoms with Gasteiger partial charge in [-0.05, 0) is 13.0 Å². The van der Waals surface area contributed by atoms with Crippen molar-refractivity contribution in [1.29, 1.82) is 0 Å². The van der Waals surface area contributed by atoms with Crippen LogP contribution in [0.25, 0.3) is 5.95 Å². The van der Waals surface area contributed by atoms with E-state index >= 15 is 0 Å². The van der Waals surface area contributed by atoms with Crippen molar-refractivity contribution in [2.75, 3.05) is 11.9 Å². The Balaban J connectivity index is 2.37. The molecule has 0 spiro atoms. The average Bonchev–Trinajstić information content (AvgIpc) is 2.68. The van der Waals surface area contributed by atoms with Gasteiger partial charge in [0.2, 0.25) is 5.95 Å². The molecule has 0 aromatic carbocycles. The minimum absolute atomic E-state index is 0.515. The van der Waals surface area contributed by atoms with E-state index in [2.05, 4.69) is 25.4 Å². The molecule has 0 radical (unpaired) electrons. The number of hydrogen-bond acceptors (Lipinski definition) is 5. The molecule has 6 nitrogen and oxygen atoms in total. The van der Waals surface area contributed by atoms with E-state index in [0.29, 0.717) is 11.9 Å². The Bertz CT molecular complexity index is 395. The van der Waals surface area contributed by atoms with Crippen LogP contribution >= 0.6 is 0 Å². The summed E-state index contributed by atoms with van der Waals surface area (Å²) in [6.07, 6.45) is 4.80. The minimum atomic E-state index is 0.515. The Kier molecular flexibility index (Phi) is 2.35. The molecule has 14 heavy (non-hydrogen) atoms. The van der Waals surface area contributed by atoms with E-state index in [1.165, 1.54) is 6.33 Å². The lowest BCUT2D eigenvalue weighted by Gasteiger charge is -2.03. The van der Waals surface area contributed by atoms with Gasteiger partial charge >= 0.3 is 0 Å². The van der Waals surface area contributed by atoms with Gasteiger partial charge in [-0.25, -0.2) is 9.97 Å². The van der Waals surface area contributed by atoms with Gasteiger partial charge in [-0.1, -0.05) is 0 Å². The first kappa shape index (κ1) is 8.61. The second-order valence-electron chi connectivity index (χ2n) is 2.57. The first-order valence-electron chi connectivity index (χ1n) is 4.33. The molecule has 2 rings (SSSR count). The summed E-state index contributed by atoms with van der Waals surface area (Å²) in [6.45, 7) is 2.77. The van der Waals surface area contributed by atoms with Crippen LogP contribution in [0.4, 0.5) is 5.95 Å². The third-order valence-electron chi connectivity index (χ3n) is 1.62. The Labute approximate surface area is 81.0 Å². The van der Waals surface area contributed by atoms with Gasteiger partial charge < -0.3 is 5.32 Å². The fourth-order valence-corrected chi connectivity index (χ4v) is 1.07. The summed E-state index contributed by atoms with van der Waals surface area (Å²) in [6, 6.07) is 1.76. The van der Waals surface area contributed by atoms with Crippen molar-refractivity contribution in [3.05, 3.63) is 24.8 Å². The van der Waals surface area contributed by atoms with Gasteiger partial charge in [0.1, 0.15) is 6.33 Å². The lowest BCUT2D eigenvalue weighted by Crippen LogP contribution is -2.09. The summed E-state index contributed by atoms with van der Waals surface area (Å²) < 4.78 is 1.56. The van der Waals surface area contributed by atoms with Crippen molar-refractivity contribution >= 4 is 5.95 Å². The van der Waals surface area contributed by atoms with E-state index in [1.54, 1.807) is 23.1 Å².